The van der Waals surface area contributed by atoms with E-state index >= 15 is 0 Å². The van der Waals surface area contributed by atoms with E-state index in [1.807, 2.05) is 12.1 Å². The van der Waals surface area contributed by atoms with Crippen LogP contribution < -0.4 is 5.32 Å². The Hall–Kier alpha value is -1.91. The van der Waals surface area contributed by atoms with Crippen molar-refractivity contribution in [3.05, 3.63) is 30.1 Å². The van der Waals surface area contributed by atoms with Crippen molar-refractivity contribution in [3.8, 4) is 0 Å². The number of aliphatic carboxylic acids is 1. The minimum Gasteiger partial charge on any atom is -0.481 e. The van der Waals surface area contributed by atoms with Gasteiger partial charge in [0.2, 0.25) is 5.91 Å². The first-order valence-electron chi connectivity index (χ1n) is 5.01. The van der Waals surface area contributed by atoms with Crippen molar-refractivity contribution in [2.24, 2.45) is 0 Å². The fraction of sp³-hybridized carbons (Fsp3) is 0.364. The monoisotopic (exact) mass is 222 g/mol. The predicted octanol–water partition coefficient (Wildman–Crippen LogP) is 1.12. The van der Waals surface area contributed by atoms with Crippen molar-refractivity contribution < 1.29 is 14.7 Å². The van der Waals surface area contributed by atoms with E-state index in [9.17, 15) is 9.59 Å². The molecule has 1 heterocycles. The van der Waals surface area contributed by atoms with Gasteiger partial charge in [0.1, 0.15) is 0 Å². The summed E-state index contributed by atoms with van der Waals surface area (Å²) in [6.45, 7) is 1.81. The molecular formula is C11H14N2O3. The number of nitrogens with zero attached hydrogens (tertiary/aromatic N) is 1. The summed E-state index contributed by atoms with van der Waals surface area (Å²) in [5, 5.41) is 11.1. The number of aromatic nitrogens is 1. The van der Waals surface area contributed by atoms with E-state index in [1.165, 1.54) is 0 Å². The topological polar surface area (TPSA) is 79.3 Å². The van der Waals surface area contributed by atoms with Crippen molar-refractivity contribution in [1.82, 2.24) is 10.3 Å². The molecule has 1 aromatic heterocycles. The molecule has 0 saturated heterocycles. The van der Waals surface area contributed by atoms with E-state index < -0.39 is 5.97 Å². The van der Waals surface area contributed by atoms with Crippen LogP contribution in [-0.4, -0.2) is 22.0 Å². The number of amides is 1. The first kappa shape index (κ1) is 12.2. The van der Waals surface area contributed by atoms with E-state index in [-0.39, 0.29) is 24.8 Å². The summed E-state index contributed by atoms with van der Waals surface area (Å²) in [5.74, 6) is -1.25. The van der Waals surface area contributed by atoms with Crippen LogP contribution in [0.25, 0.3) is 0 Å². The number of carboxylic acid groups (broad SMARTS) is 1. The van der Waals surface area contributed by atoms with Crippen LogP contribution in [0, 0.1) is 0 Å². The van der Waals surface area contributed by atoms with E-state index in [1.54, 1.807) is 19.2 Å². The molecule has 86 valence electrons. The normalized spacial score (nSPS) is 11.8. The lowest BCUT2D eigenvalue weighted by Gasteiger charge is -2.12. The largest absolute Gasteiger partial charge is 0.481 e. The molecule has 1 aromatic rings. The van der Waals surface area contributed by atoms with Crippen molar-refractivity contribution in [1.29, 1.82) is 0 Å². The molecule has 0 bridgehead atoms. The van der Waals surface area contributed by atoms with Crippen molar-refractivity contribution in [3.63, 3.8) is 0 Å². The molecule has 5 heteroatoms. The van der Waals surface area contributed by atoms with Crippen molar-refractivity contribution in [2.75, 3.05) is 0 Å². The molecule has 16 heavy (non-hydrogen) atoms. The molecule has 0 saturated carbocycles. The highest BCUT2D eigenvalue weighted by atomic mass is 16.4. The van der Waals surface area contributed by atoms with Gasteiger partial charge in [0.25, 0.3) is 0 Å². The molecular weight excluding hydrogens is 208 g/mol. The zero-order valence-corrected chi connectivity index (χ0v) is 9.01. The molecule has 5 nitrogen and oxygen atoms in total. The smallest absolute Gasteiger partial charge is 0.303 e. The third-order valence-corrected chi connectivity index (χ3v) is 2.07. The maximum Gasteiger partial charge on any atom is 0.303 e. The second-order valence-corrected chi connectivity index (χ2v) is 3.44. The standard InChI is InChI=1S/C11H14N2O3/c1-8(9-4-2-3-7-12-9)13-10(14)5-6-11(15)16/h2-4,7-8H,5-6H2,1H3,(H,13,14)(H,15,16)/t8-/m0/s1. The van der Waals surface area contributed by atoms with Gasteiger partial charge in [-0.05, 0) is 19.1 Å². The maximum absolute atomic E-state index is 11.3. The summed E-state index contributed by atoms with van der Waals surface area (Å²) in [7, 11) is 0. The van der Waals surface area contributed by atoms with Crippen molar-refractivity contribution in [2.45, 2.75) is 25.8 Å². The van der Waals surface area contributed by atoms with Gasteiger partial charge in [-0.25, -0.2) is 0 Å². The third-order valence-electron chi connectivity index (χ3n) is 2.07. The maximum atomic E-state index is 11.3. The number of rotatable bonds is 5. The first-order valence-corrected chi connectivity index (χ1v) is 5.01. The molecule has 0 spiro atoms. The summed E-state index contributed by atoms with van der Waals surface area (Å²) in [4.78, 5) is 25.7. The molecule has 0 radical (unpaired) electrons. The van der Waals surface area contributed by atoms with Gasteiger partial charge in [-0.3, -0.25) is 14.6 Å². The minimum atomic E-state index is -0.972. The Kier molecular flexibility index (Phi) is 4.44. The molecule has 0 fully saturated rings. The van der Waals surface area contributed by atoms with Crippen molar-refractivity contribution >= 4 is 11.9 Å². The molecule has 1 atom stereocenters. The highest BCUT2D eigenvalue weighted by Crippen LogP contribution is 2.08. The van der Waals surface area contributed by atoms with Crippen LogP contribution in [0.15, 0.2) is 24.4 Å². The summed E-state index contributed by atoms with van der Waals surface area (Å²) in [6.07, 6.45) is 1.49. The second kappa shape index (κ2) is 5.85. The number of carbonyl (C=O) groups excluding carboxylic acids is 1. The average Bonchev–Trinajstić information content (AvgIpc) is 2.27. The van der Waals surface area contributed by atoms with Crippen LogP contribution in [0.1, 0.15) is 31.5 Å². The van der Waals surface area contributed by atoms with E-state index in [0.29, 0.717) is 0 Å². The van der Waals surface area contributed by atoms with Crippen LogP contribution >= 0.6 is 0 Å². The Morgan fingerprint density at radius 2 is 2.19 bits per heavy atom. The number of hydrogen-bond acceptors (Lipinski definition) is 3. The molecule has 0 aliphatic rings. The van der Waals surface area contributed by atoms with E-state index in [0.717, 1.165) is 5.69 Å². The number of nitrogens with one attached hydrogen (secondary N) is 1. The van der Waals surface area contributed by atoms with Gasteiger partial charge in [-0.2, -0.15) is 0 Å². The third kappa shape index (κ3) is 4.08. The molecule has 0 aliphatic heterocycles. The zero-order chi connectivity index (χ0) is 12.0. The van der Waals surface area contributed by atoms with Crippen LogP contribution in [0.5, 0.6) is 0 Å². The quantitative estimate of drug-likeness (QED) is 0.782. The van der Waals surface area contributed by atoms with Crippen LogP contribution in [0.4, 0.5) is 0 Å². The highest BCUT2D eigenvalue weighted by Gasteiger charge is 2.11. The SMILES string of the molecule is C[C@H](NC(=O)CCC(=O)O)c1ccccn1. The van der Waals surface area contributed by atoms with Gasteiger partial charge in [-0.1, -0.05) is 6.07 Å². The Balaban J connectivity index is 2.43. The fourth-order valence-electron chi connectivity index (χ4n) is 1.24. The van der Waals surface area contributed by atoms with E-state index in [4.69, 9.17) is 5.11 Å². The summed E-state index contributed by atoms with van der Waals surface area (Å²) < 4.78 is 0. The lowest BCUT2D eigenvalue weighted by Crippen LogP contribution is -2.27. The Morgan fingerprint density at radius 3 is 2.75 bits per heavy atom. The number of carbonyl (C=O) groups is 2. The Labute approximate surface area is 93.5 Å². The predicted molar refractivity (Wildman–Crippen MR) is 57.7 cm³/mol. The molecule has 0 aliphatic carbocycles. The van der Waals surface area contributed by atoms with Crippen LogP contribution in [0.3, 0.4) is 0 Å². The zero-order valence-electron chi connectivity index (χ0n) is 9.01. The second-order valence-electron chi connectivity index (χ2n) is 3.44. The average molecular weight is 222 g/mol. The minimum absolute atomic E-state index is 0.00743. The summed E-state index contributed by atoms with van der Waals surface area (Å²) in [5.41, 5.74) is 0.756. The number of carboxylic acids is 1. The molecule has 0 aromatic carbocycles. The molecule has 1 amide bonds. The van der Waals surface area contributed by atoms with Crippen LogP contribution in [-0.2, 0) is 9.59 Å². The number of pyridine rings is 1. The van der Waals surface area contributed by atoms with Gasteiger partial charge >= 0.3 is 5.97 Å². The van der Waals surface area contributed by atoms with Gasteiger partial charge in [0.05, 0.1) is 18.2 Å². The van der Waals surface area contributed by atoms with E-state index in [2.05, 4.69) is 10.3 Å². The molecule has 1 rings (SSSR count). The number of hydrogen-bond donors (Lipinski definition) is 2. The van der Waals surface area contributed by atoms with Gasteiger partial charge in [-0.15, -0.1) is 0 Å². The van der Waals surface area contributed by atoms with Gasteiger partial charge < -0.3 is 10.4 Å². The van der Waals surface area contributed by atoms with Crippen LogP contribution in [0.2, 0.25) is 0 Å². The van der Waals surface area contributed by atoms with Gasteiger partial charge in [0, 0.05) is 12.6 Å². The highest BCUT2D eigenvalue weighted by molar-refractivity contribution is 5.80. The lowest BCUT2D eigenvalue weighted by atomic mass is 10.2. The summed E-state index contributed by atoms with van der Waals surface area (Å²) >= 11 is 0. The lowest BCUT2D eigenvalue weighted by molar-refractivity contribution is -0.138. The van der Waals surface area contributed by atoms with Gasteiger partial charge in [0.15, 0.2) is 0 Å². The Morgan fingerprint density at radius 1 is 1.44 bits per heavy atom. The Bertz CT molecular complexity index is 365. The molecule has 2 N–H and O–H groups in total. The summed E-state index contributed by atoms with van der Waals surface area (Å²) in [6, 6.07) is 5.23. The first-order chi connectivity index (χ1) is 7.59. The fourth-order valence-corrected chi connectivity index (χ4v) is 1.24. The molecule has 0 unspecified atom stereocenters.